The third-order valence-electron chi connectivity index (χ3n) is 3.35. The summed E-state index contributed by atoms with van der Waals surface area (Å²) in [6.07, 6.45) is 1.32. The van der Waals surface area contributed by atoms with E-state index in [1.807, 2.05) is 13.8 Å². The average Bonchev–Trinajstić information content (AvgIpc) is 2.61. The van der Waals surface area contributed by atoms with Crippen molar-refractivity contribution >= 4 is 0 Å². The Hall–Kier alpha value is -0.200. The lowest BCUT2D eigenvalue weighted by molar-refractivity contribution is -0.160. The van der Waals surface area contributed by atoms with E-state index in [0.29, 0.717) is 13.0 Å². The maximum Gasteiger partial charge on any atom is 0.163 e. The third kappa shape index (κ3) is 3.39. The molecule has 2 rings (SSSR count). The summed E-state index contributed by atoms with van der Waals surface area (Å²) in [6.45, 7) is 4.24. The van der Waals surface area contributed by atoms with E-state index in [2.05, 4.69) is 0 Å². The van der Waals surface area contributed by atoms with E-state index in [9.17, 15) is 5.11 Å². The second-order valence-corrected chi connectivity index (χ2v) is 5.31. The number of aliphatic hydroxyl groups is 2. The van der Waals surface area contributed by atoms with Gasteiger partial charge in [0.15, 0.2) is 5.79 Å². The number of rotatable bonds is 3. The molecule has 17 heavy (non-hydrogen) atoms. The van der Waals surface area contributed by atoms with Gasteiger partial charge >= 0.3 is 0 Å². The highest BCUT2D eigenvalue weighted by Crippen LogP contribution is 2.29. The first-order valence-corrected chi connectivity index (χ1v) is 6.26. The topological polar surface area (TPSA) is 68.2 Å². The van der Waals surface area contributed by atoms with E-state index < -0.39 is 18.0 Å². The van der Waals surface area contributed by atoms with E-state index in [4.69, 9.17) is 19.3 Å². The van der Waals surface area contributed by atoms with Gasteiger partial charge in [0.1, 0.15) is 6.10 Å². The van der Waals surface area contributed by atoms with Crippen molar-refractivity contribution in [3.63, 3.8) is 0 Å². The summed E-state index contributed by atoms with van der Waals surface area (Å²) >= 11 is 0. The van der Waals surface area contributed by atoms with Gasteiger partial charge in [0.2, 0.25) is 0 Å². The number of hydrogen-bond donors (Lipinski definition) is 2. The van der Waals surface area contributed by atoms with Crippen LogP contribution in [0.2, 0.25) is 0 Å². The van der Waals surface area contributed by atoms with Gasteiger partial charge in [0.05, 0.1) is 31.5 Å². The quantitative estimate of drug-likeness (QED) is 0.756. The molecule has 2 N–H and O–H groups in total. The molecule has 2 fully saturated rings. The highest BCUT2D eigenvalue weighted by molar-refractivity contribution is 4.81. The molecule has 2 aliphatic heterocycles. The number of ether oxygens (including phenoxy) is 3. The molecule has 0 radical (unpaired) electrons. The van der Waals surface area contributed by atoms with Crippen LogP contribution in [-0.2, 0) is 14.2 Å². The largest absolute Gasteiger partial charge is 0.394 e. The van der Waals surface area contributed by atoms with Crippen LogP contribution in [0.15, 0.2) is 0 Å². The van der Waals surface area contributed by atoms with Crippen LogP contribution >= 0.6 is 0 Å². The molecule has 0 saturated carbocycles. The first-order chi connectivity index (χ1) is 8.00. The van der Waals surface area contributed by atoms with Gasteiger partial charge in [-0.15, -0.1) is 0 Å². The van der Waals surface area contributed by atoms with Crippen LogP contribution < -0.4 is 0 Å². The minimum absolute atomic E-state index is 0.0399. The summed E-state index contributed by atoms with van der Waals surface area (Å²) in [4.78, 5) is 0. The van der Waals surface area contributed by atoms with Crippen LogP contribution in [0, 0.1) is 0 Å². The predicted octanol–water partition coefficient (Wildman–Crippen LogP) is 0.429. The molecular weight excluding hydrogens is 224 g/mol. The molecule has 0 aromatic carbocycles. The molecule has 0 aromatic rings. The molecular formula is C12H22O5. The molecule has 2 heterocycles. The summed E-state index contributed by atoms with van der Waals surface area (Å²) in [5, 5.41) is 18.7. The molecule has 0 aliphatic carbocycles. The zero-order valence-corrected chi connectivity index (χ0v) is 10.5. The molecule has 0 bridgehead atoms. The summed E-state index contributed by atoms with van der Waals surface area (Å²) in [7, 11) is 0. The van der Waals surface area contributed by atoms with Crippen LogP contribution in [0.5, 0.6) is 0 Å². The fraction of sp³-hybridized carbons (Fsp3) is 1.00. The third-order valence-corrected chi connectivity index (χ3v) is 3.35. The minimum Gasteiger partial charge on any atom is -0.394 e. The molecule has 0 spiro atoms. The smallest absolute Gasteiger partial charge is 0.163 e. The molecule has 5 heteroatoms. The van der Waals surface area contributed by atoms with Crippen LogP contribution in [0.25, 0.3) is 0 Å². The summed E-state index contributed by atoms with van der Waals surface area (Å²) in [5.41, 5.74) is 0. The number of aliphatic hydroxyl groups excluding tert-OH is 2. The highest BCUT2D eigenvalue weighted by atomic mass is 16.7. The normalized spacial score (nSPS) is 41.6. The second kappa shape index (κ2) is 5.20. The van der Waals surface area contributed by atoms with Crippen molar-refractivity contribution in [1.82, 2.24) is 0 Å². The maximum absolute atomic E-state index is 9.59. The first-order valence-electron chi connectivity index (χ1n) is 6.26. The van der Waals surface area contributed by atoms with Crippen molar-refractivity contribution in [2.75, 3.05) is 13.2 Å². The van der Waals surface area contributed by atoms with Gasteiger partial charge in [-0.3, -0.25) is 0 Å². The molecule has 0 aromatic heterocycles. The van der Waals surface area contributed by atoms with E-state index in [1.165, 1.54) is 0 Å². The van der Waals surface area contributed by atoms with E-state index >= 15 is 0 Å². The van der Waals surface area contributed by atoms with Crippen molar-refractivity contribution in [1.29, 1.82) is 0 Å². The Bertz CT molecular complexity index is 255. The molecule has 4 atom stereocenters. The van der Waals surface area contributed by atoms with E-state index in [0.717, 1.165) is 12.8 Å². The Balaban J connectivity index is 1.80. The van der Waals surface area contributed by atoms with Gasteiger partial charge in [-0.05, 0) is 26.7 Å². The van der Waals surface area contributed by atoms with Crippen molar-refractivity contribution in [3.05, 3.63) is 0 Å². The number of hydrogen-bond acceptors (Lipinski definition) is 5. The Kier molecular flexibility index (Phi) is 4.05. The summed E-state index contributed by atoms with van der Waals surface area (Å²) < 4.78 is 16.9. The standard InChI is InChI=1S/C12H22O5/c1-12(2)15-7-9(17-12)5-8-3-4-10(14)11(6-13)16-8/h8-11,13-14H,3-7H2,1-2H3/t8-,9+,10-,11+/m0/s1. The van der Waals surface area contributed by atoms with Gasteiger partial charge < -0.3 is 24.4 Å². The van der Waals surface area contributed by atoms with Crippen LogP contribution in [0.3, 0.4) is 0 Å². The molecule has 0 unspecified atom stereocenters. The van der Waals surface area contributed by atoms with Gasteiger partial charge in [-0.25, -0.2) is 0 Å². The Labute approximate surface area is 102 Å². The maximum atomic E-state index is 9.59. The van der Waals surface area contributed by atoms with Crippen molar-refractivity contribution in [3.8, 4) is 0 Å². The van der Waals surface area contributed by atoms with Gasteiger partial charge in [-0.2, -0.15) is 0 Å². The molecule has 0 amide bonds. The molecule has 2 saturated heterocycles. The molecule has 2 aliphatic rings. The highest BCUT2D eigenvalue weighted by Gasteiger charge is 2.36. The summed E-state index contributed by atoms with van der Waals surface area (Å²) in [6, 6.07) is 0. The zero-order chi connectivity index (χ0) is 12.5. The molecule has 100 valence electrons. The predicted molar refractivity (Wildman–Crippen MR) is 60.5 cm³/mol. The Morgan fingerprint density at radius 2 is 2.00 bits per heavy atom. The monoisotopic (exact) mass is 246 g/mol. The zero-order valence-electron chi connectivity index (χ0n) is 10.5. The van der Waals surface area contributed by atoms with Crippen molar-refractivity contribution < 1.29 is 24.4 Å². The Morgan fingerprint density at radius 1 is 1.24 bits per heavy atom. The van der Waals surface area contributed by atoms with Gasteiger partial charge in [-0.1, -0.05) is 0 Å². The second-order valence-electron chi connectivity index (χ2n) is 5.31. The van der Waals surface area contributed by atoms with Crippen LogP contribution in [-0.4, -0.2) is 53.6 Å². The van der Waals surface area contributed by atoms with Crippen LogP contribution in [0.4, 0.5) is 0 Å². The fourth-order valence-electron chi connectivity index (χ4n) is 2.46. The fourth-order valence-corrected chi connectivity index (χ4v) is 2.46. The average molecular weight is 246 g/mol. The Morgan fingerprint density at radius 3 is 2.59 bits per heavy atom. The SMILES string of the molecule is CC1(C)OC[C@@H](C[C@@H]2CC[C@H](O)[C@@H](CO)O2)O1. The first kappa shape index (κ1) is 13.2. The lowest BCUT2D eigenvalue weighted by Crippen LogP contribution is -2.42. The van der Waals surface area contributed by atoms with E-state index in [1.54, 1.807) is 0 Å². The van der Waals surface area contributed by atoms with E-state index in [-0.39, 0.29) is 18.8 Å². The van der Waals surface area contributed by atoms with Crippen LogP contribution in [0.1, 0.15) is 33.1 Å². The van der Waals surface area contributed by atoms with Gasteiger partial charge in [0.25, 0.3) is 0 Å². The van der Waals surface area contributed by atoms with Crippen molar-refractivity contribution in [2.45, 2.75) is 63.3 Å². The lowest BCUT2D eigenvalue weighted by atomic mass is 9.98. The van der Waals surface area contributed by atoms with Crippen molar-refractivity contribution in [2.24, 2.45) is 0 Å². The molecule has 5 nitrogen and oxygen atoms in total. The summed E-state index contributed by atoms with van der Waals surface area (Å²) in [5.74, 6) is -0.505. The van der Waals surface area contributed by atoms with Gasteiger partial charge in [0, 0.05) is 6.42 Å². The lowest BCUT2D eigenvalue weighted by Gasteiger charge is -2.33. The minimum atomic E-state index is -0.548.